The Kier molecular flexibility index (Phi) is 4.20. The van der Waals surface area contributed by atoms with Crippen LogP contribution in [0.5, 0.6) is 0 Å². The van der Waals surface area contributed by atoms with Crippen LogP contribution in [0.4, 0.5) is 5.69 Å². The minimum Gasteiger partial charge on any atom is -0.284 e. The molecule has 1 aromatic heterocycles. The Morgan fingerprint density at radius 1 is 0.826 bits per heavy atom. The van der Waals surface area contributed by atoms with Crippen molar-refractivity contribution in [3.8, 4) is 5.69 Å². The van der Waals surface area contributed by atoms with Crippen LogP contribution >= 0.6 is 0 Å². The molecule has 3 aromatic rings. The second-order valence-corrected chi connectivity index (χ2v) is 5.60. The van der Waals surface area contributed by atoms with E-state index in [4.69, 9.17) is 0 Å². The minimum absolute atomic E-state index is 0.0543. The predicted octanol–water partition coefficient (Wildman–Crippen LogP) is 4.20. The third-order valence-corrected chi connectivity index (χ3v) is 3.64. The third-order valence-electron chi connectivity index (χ3n) is 3.64. The lowest BCUT2D eigenvalue weighted by Crippen LogP contribution is -2.16. The summed E-state index contributed by atoms with van der Waals surface area (Å²) < 4.78 is 1.63. The molecule has 3 nitrogen and oxygen atoms in total. The Bertz CT molecular complexity index is 888. The van der Waals surface area contributed by atoms with Gasteiger partial charge in [-0.1, -0.05) is 35.4 Å². The van der Waals surface area contributed by atoms with Crippen LogP contribution in [0.15, 0.2) is 76.6 Å². The number of pyridine rings is 1. The highest BCUT2D eigenvalue weighted by Crippen LogP contribution is 2.13. The molecule has 0 bridgehead atoms. The van der Waals surface area contributed by atoms with Crippen molar-refractivity contribution in [2.45, 2.75) is 13.8 Å². The van der Waals surface area contributed by atoms with Crippen molar-refractivity contribution < 1.29 is 0 Å². The first-order valence-corrected chi connectivity index (χ1v) is 7.52. The number of hydrogen-bond donors (Lipinski definition) is 0. The van der Waals surface area contributed by atoms with Gasteiger partial charge in [0.1, 0.15) is 0 Å². The van der Waals surface area contributed by atoms with Gasteiger partial charge in [-0.2, -0.15) is 0 Å². The Morgan fingerprint density at radius 3 is 2.09 bits per heavy atom. The second-order valence-electron chi connectivity index (χ2n) is 5.60. The molecule has 0 atom stereocenters. The van der Waals surface area contributed by atoms with Crippen molar-refractivity contribution in [2.24, 2.45) is 4.99 Å². The summed E-state index contributed by atoms with van der Waals surface area (Å²) in [5.74, 6) is 0. The van der Waals surface area contributed by atoms with Crippen LogP contribution in [0.1, 0.15) is 16.7 Å². The number of aryl methyl sites for hydroxylation is 2. The summed E-state index contributed by atoms with van der Waals surface area (Å²) in [5, 5.41) is 0. The fourth-order valence-corrected chi connectivity index (χ4v) is 2.27. The third kappa shape index (κ3) is 3.64. The molecule has 1 heterocycles. The van der Waals surface area contributed by atoms with Crippen LogP contribution in [0, 0.1) is 13.8 Å². The van der Waals surface area contributed by atoms with E-state index in [1.165, 1.54) is 11.1 Å². The van der Waals surface area contributed by atoms with Gasteiger partial charge in [0.2, 0.25) is 0 Å². The van der Waals surface area contributed by atoms with Gasteiger partial charge in [-0.15, -0.1) is 0 Å². The molecule has 0 spiro atoms. The number of benzene rings is 2. The van der Waals surface area contributed by atoms with Crippen LogP contribution in [0.25, 0.3) is 5.69 Å². The molecule has 2 aromatic carbocycles. The topological polar surface area (TPSA) is 34.4 Å². The van der Waals surface area contributed by atoms with Crippen molar-refractivity contribution >= 4 is 11.9 Å². The zero-order valence-electron chi connectivity index (χ0n) is 13.2. The molecule has 0 amide bonds. The average molecular weight is 302 g/mol. The van der Waals surface area contributed by atoms with Crippen molar-refractivity contribution in [3.05, 3.63) is 93.9 Å². The Labute approximate surface area is 135 Å². The molecule has 0 aliphatic heterocycles. The van der Waals surface area contributed by atoms with Gasteiger partial charge in [0.05, 0.1) is 5.69 Å². The minimum atomic E-state index is -0.0543. The number of hydrogen-bond acceptors (Lipinski definition) is 2. The van der Waals surface area contributed by atoms with Crippen LogP contribution in [0.3, 0.4) is 0 Å². The molecule has 0 fully saturated rings. The van der Waals surface area contributed by atoms with E-state index in [0.29, 0.717) is 0 Å². The van der Waals surface area contributed by atoms with Crippen LogP contribution in [0.2, 0.25) is 0 Å². The summed E-state index contributed by atoms with van der Waals surface area (Å²) in [6.07, 6.45) is 3.58. The Balaban J connectivity index is 1.92. The van der Waals surface area contributed by atoms with Gasteiger partial charge in [0.15, 0.2) is 0 Å². The lowest BCUT2D eigenvalue weighted by molar-refractivity contribution is 0.987. The average Bonchev–Trinajstić information content (AvgIpc) is 2.56. The van der Waals surface area contributed by atoms with E-state index >= 15 is 0 Å². The SMILES string of the molecule is Cc1ccc(N=Cc2ccc(=O)n(-c3ccc(C)cc3)c2)cc1. The summed E-state index contributed by atoms with van der Waals surface area (Å²) in [6.45, 7) is 4.07. The molecule has 0 aliphatic rings. The van der Waals surface area contributed by atoms with E-state index in [1.807, 2.05) is 68.6 Å². The van der Waals surface area contributed by atoms with E-state index in [0.717, 1.165) is 16.9 Å². The summed E-state index contributed by atoms with van der Waals surface area (Å²) in [6, 6.07) is 19.2. The highest BCUT2D eigenvalue weighted by molar-refractivity contribution is 5.81. The van der Waals surface area contributed by atoms with E-state index < -0.39 is 0 Å². The van der Waals surface area contributed by atoms with Crippen molar-refractivity contribution in [2.75, 3.05) is 0 Å². The Morgan fingerprint density at radius 2 is 1.43 bits per heavy atom. The maximum absolute atomic E-state index is 12.1. The van der Waals surface area contributed by atoms with Gasteiger partial charge < -0.3 is 0 Å². The predicted molar refractivity (Wildman–Crippen MR) is 95.2 cm³/mol. The quantitative estimate of drug-likeness (QED) is 0.667. The van der Waals surface area contributed by atoms with E-state index in [1.54, 1.807) is 22.9 Å². The first-order chi connectivity index (χ1) is 11.1. The largest absolute Gasteiger partial charge is 0.284 e. The summed E-state index contributed by atoms with van der Waals surface area (Å²) in [4.78, 5) is 16.5. The molecule has 3 heteroatoms. The molecule has 3 rings (SSSR count). The molecule has 114 valence electrons. The number of aromatic nitrogens is 1. The van der Waals surface area contributed by atoms with Gasteiger partial charge in [-0.05, 0) is 44.2 Å². The molecule has 0 N–H and O–H groups in total. The molecule has 0 saturated carbocycles. The van der Waals surface area contributed by atoms with Crippen LogP contribution in [-0.2, 0) is 0 Å². The second kappa shape index (κ2) is 6.44. The molecule has 0 radical (unpaired) electrons. The number of aliphatic imine (C=N–C) groups is 1. The molecule has 0 saturated heterocycles. The highest BCUT2D eigenvalue weighted by atomic mass is 16.1. The lowest BCUT2D eigenvalue weighted by atomic mass is 10.2. The van der Waals surface area contributed by atoms with E-state index in [9.17, 15) is 4.79 Å². The number of nitrogens with zero attached hydrogens (tertiary/aromatic N) is 2. The maximum Gasteiger partial charge on any atom is 0.255 e. The van der Waals surface area contributed by atoms with E-state index in [-0.39, 0.29) is 5.56 Å². The summed E-state index contributed by atoms with van der Waals surface area (Å²) >= 11 is 0. The zero-order chi connectivity index (χ0) is 16.2. The fourth-order valence-electron chi connectivity index (χ4n) is 2.27. The molecule has 23 heavy (non-hydrogen) atoms. The normalized spacial score (nSPS) is 11.0. The highest BCUT2D eigenvalue weighted by Gasteiger charge is 2.00. The first kappa shape index (κ1) is 15.0. The van der Waals surface area contributed by atoms with Crippen LogP contribution in [-0.4, -0.2) is 10.8 Å². The lowest BCUT2D eigenvalue weighted by Gasteiger charge is -2.06. The smallest absolute Gasteiger partial charge is 0.255 e. The summed E-state index contributed by atoms with van der Waals surface area (Å²) in [7, 11) is 0. The fraction of sp³-hybridized carbons (Fsp3) is 0.100. The van der Waals surface area contributed by atoms with Gasteiger partial charge in [0, 0.05) is 29.7 Å². The number of rotatable bonds is 3. The molecule has 0 unspecified atom stereocenters. The Hall–Kier alpha value is -2.94. The summed E-state index contributed by atoms with van der Waals surface area (Å²) in [5.41, 5.74) is 4.94. The van der Waals surface area contributed by atoms with Crippen molar-refractivity contribution in [3.63, 3.8) is 0 Å². The van der Waals surface area contributed by atoms with Crippen molar-refractivity contribution in [1.29, 1.82) is 0 Å². The van der Waals surface area contributed by atoms with Gasteiger partial charge in [-0.25, -0.2) is 0 Å². The van der Waals surface area contributed by atoms with Crippen LogP contribution < -0.4 is 5.56 Å². The zero-order valence-corrected chi connectivity index (χ0v) is 13.2. The van der Waals surface area contributed by atoms with Crippen molar-refractivity contribution in [1.82, 2.24) is 4.57 Å². The van der Waals surface area contributed by atoms with Gasteiger partial charge >= 0.3 is 0 Å². The van der Waals surface area contributed by atoms with E-state index in [2.05, 4.69) is 4.99 Å². The van der Waals surface area contributed by atoms with Gasteiger partial charge in [0.25, 0.3) is 5.56 Å². The molecular weight excluding hydrogens is 284 g/mol. The monoisotopic (exact) mass is 302 g/mol. The maximum atomic E-state index is 12.1. The standard InChI is InChI=1S/C20H18N2O/c1-15-3-8-18(9-4-15)21-13-17-7-12-20(23)22(14-17)19-10-5-16(2)6-11-19/h3-14H,1-2H3. The molecule has 0 aliphatic carbocycles. The van der Waals surface area contributed by atoms with Gasteiger partial charge in [-0.3, -0.25) is 14.4 Å². The first-order valence-electron chi connectivity index (χ1n) is 7.52. The molecular formula is C20H18N2O.